The zero-order valence-corrected chi connectivity index (χ0v) is 13.7. The highest BCUT2D eigenvalue weighted by Gasteiger charge is 2.15. The first-order chi connectivity index (χ1) is 10.2. The molecule has 4 heteroatoms. The second kappa shape index (κ2) is 6.54. The van der Waals surface area contributed by atoms with Crippen molar-refractivity contribution >= 4 is 39.0 Å². The fourth-order valence-electron chi connectivity index (χ4n) is 2.27. The van der Waals surface area contributed by atoms with E-state index in [-0.39, 0.29) is 0 Å². The van der Waals surface area contributed by atoms with Crippen molar-refractivity contribution in [3.8, 4) is 0 Å². The Labute approximate surface area is 137 Å². The summed E-state index contributed by atoms with van der Waals surface area (Å²) in [5, 5.41) is 0.732. The van der Waals surface area contributed by atoms with Gasteiger partial charge in [0, 0.05) is 33.7 Å². The highest BCUT2D eigenvalue weighted by molar-refractivity contribution is 9.10. The molecule has 0 atom stereocenters. The summed E-state index contributed by atoms with van der Waals surface area (Å²) in [4.78, 5) is 9.48. The zero-order valence-electron chi connectivity index (χ0n) is 11.4. The average Bonchev–Trinajstić information content (AvgIpc) is 2.75. The van der Waals surface area contributed by atoms with Gasteiger partial charge in [0.25, 0.3) is 0 Å². The molecule has 0 fully saturated rings. The van der Waals surface area contributed by atoms with Crippen molar-refractivity contribution < 1.29 is 0 Å². The van der Waals surface area contributed by atoms with Gasteiger partial charge in [0.15, 0.2) is 0 Å². The smallest absolute Gasteiger partial charge is 0.0904 e. The van der Waals surface area contributed by atoms with Crippen LogP contribution in [-0.4, -0.2) is 24.5 Å². The van der Waals surface area contributed by atoms with E-state index in [0.717, 1.165) is 51.6 Å². The predicted molar refractivity (Wildman–Crippen MR) is 93.0 cm³/mol. The number of aliphatic imine (C=N–C) groups is 2. The van der Waals surface area contributed by atoms with Crippen molar-refractivity contribution in [2.75, 3.05) is 13.1 Å². The summed E-state index contributed by atoms with van der Waals surface area (Å²) < 4.78 is 1.06. The standard InChI is InChI=1S/C17H14BrClN2/c18-14-6-2-12(3-7-14)16-17(21-11-1-10-20-16)13-4-8-15(19)9-5-13/h2-9H,1,10-11H2. The molecule has 0 aliphatic carbocycles. The number of hydrogen-bond acceptors (Lipinski definition) is 2. The van der Waals surface area contributed by atoms with Crippen molar-refractivity contribution in [2.45, 2.75) is 6.42 Å². The van der Waals surface area contributed by atoms with Crippen LogP contribution in [0.1, 0.15) is 17.5 Å². The summed E-state index contributed by atoms with van der Waals surface area (Å²) in [6, 6.07) is 16.0. The van der Waals surface area contributed by atoms with Crippen LogP contribution in [0.25, 0.3) is 0 Å². The molecule has 0 N–H and O–H groups in total. The van der Waals surface area contributed by atoms with Gasteiger partial charge in [-0.2, -0.15) is 0 Å². The molecule has 1 aliphatic rings. The third-order valence-electron chi connectivity index (χ3n) is 3.32. The first-order valence-electron chi connectivity index (χ1n) is 6.85. The Morgan fingerprint density at radius 2 is 1.24 bits per heavy atom. The summed E-state index contributed by atoms with van der Waals surface area (Å²) in [5.74, 6) is 0. The van der Waals surface area contributed by atoms with Gasteiger partial charge in [-0.1, -0.05) is 51.8 Å². The van der Waals surface area contributed by atoms with E-state index in [1.54, 1.807) is 0 Å². The molecule has 0 amide bonds. The SMILES string of the molecule is Clc1ccc(C2=NCCCN=C2c2ccc(Br)cc2)cc1. The molecule has 1 heterocycles. The number of benzene rings is 2. The molecule has 2 nitrogen and oxygen atoms in total. The Balaban J connectivity index is 2.05. The molecule has 1 aliphatic heterocycles. The molecular formula is C17H14BrClN2. The van der Waals surface area contributed by atoms with E-state index in [2.05, 4.69) is 28.1 Å². The van der Waals surface area contributed by atoms with Crippen LogP contribution in [0.4, 0.5) is 0 Å². The molecule has 0 radical (unpaired) electrons. The molecule has 0 unspecified atom stereocenters. The number of rotatable bonds is 2. The van der Waals surface area contributed by atoms with Gasteiger partial charge in [-0.05, 0) is 30.7 Å². The highest BCUT2D eigenvalue weighted by atomic mass is 79.9. The summed E-state index contributed by atoms with van der Waals surface area (Å²) in [5.41, 5.74) is 4.06. The molecule has 106 valence electrons. The van der Waals surface area contributed by atoms with Crippen LogP contribution in [0.3, 0.4) is 0 Å². The minimum Gasteiger partial charge on any atom is -0.282 e. The maximum Gasteiger partial charge on any atom is 0.0904 e. The van der Waals surface area contributed by atoms with Crippen molar-refractivity contribution in [1.82, 2.24) is 0 Å². The van der Waals surface area contributed by atoms with Gasteiger partial charge in [-0.25, -0.2) is 0 Å². The van der Waals surface area contributed by atoms with E-state index in [0.29, 0.717) is 0 Å². The van der Waals surface area contributed by atoms with Gasteiger partial charge < -0.3 is 0 Å². The fourth-order valence-corrected chi connectivity index (χ4v) is 2.66. The van der Waals surface area contributed by atoms with Gasteiger partial charge in [-0.15, -0.1) is 0 Å². The molecule has 2 aromatic carbocycles. The predicted octanol–water partition coefficient (Wildman–Crippen LogP) is 4.78. The van der Waals surface area contributed by atoms with Crippen molar-refractivity contribution in [3.63, 3.8) is 0 Å². The quantitative estimate of drug-likeness (QED) is 0.735. The average molecular weight is 362 g/mol. The maximum atomic E-state index is 5.98. The first-order valence-corrected chi connectivity index (χ1v) is 8.02. The molecule has 3 rings (SSSR count). The Bertz CT molecular complexity index is 626. The van der Waals surface area contributed by atoms with E-state index < -0.39 is 0 Å². The van der Waals surface area contributed by atoms with Gasteiger partial charge in [0.2, 0.25) is 0 Å². The number of hydrogen-bond donors (Lipinski definition) is 0. The lowest BCUT2D eigenvalue weighted by atomic mass is 9.99. The lowest BCUT2D eigenvalue weighted by Crippen LogP contribution is -2.17. The molecule has 0 saturated carbocycles. The Morgan fingerprint density at radius 3 is 1.76 bits per heavy atom. The summed E-state index contributed by atoms with van der Waals surface area (Å²) in [6.45, 7) is 1.62. The van der Waals surface area contributed by atoms with Crippen molar-refractivity contribution in [2.24, 2.45) is 9.98 Å². The van der Waals surface area contributed by atoms with Crippen LogP contribution in [0, 0.1) is 0 Å². The van der Waals surface area contributed by atoms with Gasteiger partial charge in [0.05, 0.1) is 11.4 Å². The molecule has 21 heavy (non-hydrogen) atoms. The molecule has 0 bridgehead atoms. The van der Waals surface area contributed by atoms with Crippen LogP contribution in [-0.2, 0) is 0 Å². The molecule has 0 spiro atoms. The molecule has 0 aromatic heterocycles. The Hall–Kier alpha value is -1.45. The van der Waals surface area contributed by atoms with Gasteiger partial charge >= 0.3 is 0 Å². The largest absolute Gasteiger partial charge is 0.282 e. The molecule has 0 saturated heterocycles. The number of halogens is 2. The van der Waals surface area contributed by atoms with Crippen LogP contribution in [0.2, 0.25) is 5.02 Å². The van der Waals surface area contributed by atoms with E-state index in [4.69, 9.17) is 21.6 Å². The van der Waals surface area contributed by atoms with Crippen molar-refractivity contribution in [3.05, 3.63) is 69.2 Å². The van der Waals surface area contributed by atoms with Crippen LogP contribution < -0.4 is 0 Å². The second-order valence-corrected chi connectivity index (χ2v) is 6.18. The minimum atomic E-state index is 0.732. The third-order valence-corrected chi connectivity index (χ3v) is 4.10. The lowest BCUT2D eigenvalue weighted by Gasteiger charge is -2.10. The van der Waals surface area contributed by atoms with Crippen LogP contribution in [0.5, 0.6) is 0 Å². The zero-order chi connectivity index (χ0) is 14.7. The van der Waals surface area contributed by atoms with Gasteiger partial charge in [0.1, 0.15) is 0 Å². The summed E-state index contributed by atoms with van der Waals surface area (Å²) in [7, 11) is 0. The van der Waals surface area contributed by atoms with E-state index in [9.17, 15) is 0 Å². The third kappa shape index (κ3) is 3.42. The minimum absolute atomic E-state index is 0.732. The van der Waals surface area contributed by atoms with E-state index in [1.165, 1.54) is 0 Å². The molecular weight excluding hydrogens is 348 g/mol. The summed E-state index contributed by atoms with van der Waals surface area (Å²) >= 11 is 9.45. The highest BCUT2D eigenvalue weighted by Crippen LogP contribution is 2.17. The van der Waals surface area contributed by atoms with Crippen LogP contribution in [0.15, 0.2) is 63.0 Å². The Morgan fingerprint density at radius 1 is 0.762 bits per heavy atom. The van der Waals surface area contributed by atoms with Crippen molar-refractivity contribution in [1.29, 1.82) is 0 Å². The van der Waals surface area contributed by atoms with E-state index >= 15 is 0 Å². The normalized spacial score (nSPS) is 15.1. The lowest BCUT2D eigenvalue weighted by molar-refractivity contribution is 0.857. The first kappa shape index (κ1) is 14.5. The topological polar surface area (TPSA) is 24.7 Å². The molecule has 2 aromatic rings. The fraction of sp³-hybridized carbons (Fsp3) is 0.176. The van der Waals surface area contributed by atoms with Crippen LogP contribution >= 0.6 is 27.5 Å². The second-order valence-electron chi connectivity index (χ2n) is 4.83. The maximum absolute atomic E-state index is 5.98. The number of nitrogens with zero attached hydrogens (tertiary/aromatic N) is 2. The summed E-state index contributed by atoms with van der Waals surface area (Å²) in [6.07, 6.45) is 0.983. The van der Waals surface area contributed by atoms with Gasteiger partial charge in [-0.3, -0.25) is 9.98 Å². The monoisotopic (exact) mass is 360 g/mol. The Kier molecular flexibility index (Phi) is 4.51. The van der Waals surface area contributed by atoms with E-state index in [1.807, 2.05) is 36.4 Å².